The number of carbonyl (C=O) groups excluding carboxylic acids is 1. The van der Waals surface area contributed by atoms with E-state index in [0.29, 0.717) is 12.2 Å². The van der Waals surface area contributed by atoms with Crippen LogP contribution in [0.25, 0.3) is 10.6 Å². The average molecular weight is 367 g/mol. The van der Waals surface area contributed by atoms with E-state index in [0.717, 1.165) is 29.4 Å². The van der Waals surface area contributed by atoms with Crippen molar-refractivity contribution >= 4 is 17.2 Å². The average Bonchev–Trinajstić information content (AvgIpc) is 3.44. The van der Waals surface area contributed by atoms with Crippen LogP contribution in [0.3, 0.4) is 0 Å². The number of hydrogen-bond donors (Lipinski definition) is 1. The topological polar surface area (TPSA) is 58.4 Å². The predicted molar refractivity (Wildman–Crippen MR) is 102 cm³/mol. The van der Waals surface area contributed by atoms with Crippen molar-refractivity contribution in [1.82, 2.24) is 15.2 Å². The lowest BCUT2D eigenvalue weighted by Gasteiger charge is -2.25. The molecule has 0 radical (unpaired) electrons. The van der Waals surface area contributed by atoms with E-state index < -0.39 is 0 Å². The summed E-state index contributed by atoms with van der Waals surface area (Å²) >= 11 is 1.49. The second kappa shape index (κ2) is 7.85. The van der Waals surface area contributed by atoms with E-state index in [2.05, 4.69) is 15.2 Å². The minimum Gasteiger partial charge on any atom is -0.468 e. The number of furan rings is 1. The van der Waals surface area contributed by atoms with Gasteiger partial charge in [0.1, 0.15) is 16.5 Å². The summed E-state index contributed by atoms with van der Waals surface area (Å²) in [7, 11) is 0. The molecule has 0 saturated carbocycles. The summed E-state index contributed by atoms with van der Waals surface area (Å²) in [6, 6.07) is 13.9. The third-order valence-corrected chi connectivity index (χ3v) is 5.56. The van der Waals surface area contributed by atoms with E-state index in [1.165, 1.54) is 24.2 Å². The lowest BCUT2D eigenvalue weighted by Crippen LogP contribution is -2.36. The Morgan fingerprint density at radius 3 is 2.73 bits per heavy atom. The van der Waals surface area contributed by atoms with Gasteiger partial charge in [0, 0.05) is 17.5 Å². The zero-order valence-electron chi connectivity index (χ0n) is 14.4. The van der Waals surface area contributed by atoms with Gasteiger partial charge in [-0.25, -0.2) is 4.98 Å². The minimum absolute atomic E-state index is 0.0729. The molecule has 26 heavy (non-hydrogen) atoms. The zero-order valence-corrected chi connectivity index (χ0v) is 15.2. The van der Waals surface area contributed by atoms with Crippen LogP contribution >= 0.6 is 11.3 Å². The van der Waals surface area contributed by atoms with Crippen LogP contribution in [-0.2, 0) is 0 Å². The van der Waals surface area contributed by atoms with Gasteiger partial charge in [-0.05, 0) is 38.1 Å². The van der Waals surface area contributed by atoms with Crippen LogP contribution in [0.2, 0.25) is 0 Å². The fourth-order valence-corrected chi connectivity index (χ4v) is 4.12. The number of benzene rings is 1. The molecule has 134 valence electrons. The van der Waals surface area contributed by atoms with Crippen molar-refractivity contribution in [3.05, 3.63) is 65.6 Å². The van der Waals surface area contributed by atoms with Gasteiger partial charge in [0.2, 0.25) is 0 Å². The number of likely N-dealkylation sites (tertiary alicyclic amines) is 1. The van der Waals surface area contributed by atoms with Crippen LogP contribution in [0.5, 0.6) is 0 Å². The second-order valence-electron chi connectivity index (χ2n) is 6.39. The number of carbonyl (C=O) groups is 1. The van der Waals surface area contributed by atoms with Gasteiger partial charge in [0.05, 0.1) is 12.3 Å². The molecule has 1 aromatic carbocycles. The highest BCUT2D eigenvalue weighted by Gasteiger charge is 2.26. The van der Waals surface area contributed by atoms with Crippen molar-refractivity contribution in [2.24, 2.45) is 0 Å². The predicted octanol–water partition coefficient (Wildman–Crippen LogP) is 3.97. The summed E-state index contributed by atoms with van der Waals surface area (Å²) in [5, 5.41) is 5.71. The molecule has 5 nitrogen and oxygen atoms in total. The van der Waals surface area contributed by atoms with Crippen molar-refractivity contribution in [1.29, 1.82) is 0 Å². The minimum atomic E-state index is -0.140. The molecule has 1 saturated heterocycles. The lowest BCUT2D eigenvalue weighted by atomic mass is 10.2. The molecule has 3 heterocycles. The van der Waals surface area contributed by atoms with Crippen LogP contribution in [0.4, 0.5) is 0 Å². The van der Waals surface area contributed by atoms with Crippen molar-refractivity contribution in [3.63, 3.8) is 0 Å². The molecule has 0 bridgehead atoms. The first-order chi connectivity index (χ1) is 12.8. The number of hydrogen-bond acceptors (Lipinski definition) is 5. The largest absolute Gasteiger partial charge is 0.468 e. The van der Waals surface area contributed by atoms with Gasteiger partial charge in [-0.15, -0.1) is 11.3 Å². The van der Waals surface area contributed by atoms with Crippen LogP contribution in [0, 0.1) is 0 Å². The number of nitrogens with zero attached hydrogens (tertiary/aromatic N) is 2. The summed E-state index contributed by atoms with van der Waals surface area (Å²) in [5.41, 5.74) is 1.50. The molecular formula is C20H21N3O2S. The fourth-order valence-electron chi connectivity index (χ4n) is 3.32. The fraction of sp³-hybridized carbons (Fsp3) is 0.300. The summed E-state index contributed by atoms with van der Waals surface area (Å²) in [6.45, 7) is 2.59. The smallest absolute Gasteiger partial charge is 0.270 e. The Balaban J connectivity index is 1.43. The first-order valence-electron chi connectivity index (χ1n) is 8.88. The monoisotopic (exact) mass is 367 g/mol. The van der Waals surface area contributed by atoms with E-state index >= 15 is 0 Å². The molecule has 1 fully saturated rings. The molecule has 4 rings (SSSR count). The summed E-state index contributed by atoms with van der Waals surface area (Å²) in [5.74, 6) is 0.759. The summed E-state index contributed by atoms with van der Waals surface area (Å²) < 4.78 is 5.60. The van der Waals surface area contributed by atoms with E-state index in [4.69, 9.17) is 4.42 Å². The van der Waals surface area contributed by atoms with E-state index in [-0.39, 0.29) is 11.9 Å². The number of amides is 1. The van der Waals surface area contributed by atoms with Crippen molar-refractivity contribution < 1.29 is 9.21 Å². The van der Waals surface area contributed by atoms with E-state index in [1.54, 1.807) is 6.26 Å². The number of nitrogens with one attached hydrogen (secondary N) is 1. The number of rotatable bonds is 6. The first kappa shape index (κ1) is 17.0. The second-order valence-corrected chi connectivity index (χ2v) is 7.25. The molecule has 1 amide bonds. The van der Waals surface area contributed by atoms with Crippen LogP contribution in [-0.4, -0.2) is 35.4 Å². The number of thiazole rings is 1. The molecule has 0 unspecified atom stereocenters. The maximum Gasteiger partial charge on any atom is 0.270 e. The zero-order chi connectivity index (χ0) is 17.8. The molecule has 1 aliphatic rings. The van der Waals surface area contributed by atoms with Crippen molar-refractivity contribution in [3.8, 4) is 10.6 Å². The van der Waals surface area contributed by atoms with Crippen molar-refractivity contribution in [2.45, 2.75) is 18.9 Å². The Morgan fingerprint density at radius 2 is 2.00 bits per heavy atom. The van der Waals surface area contributed by atoms with Gasteiger partial charge in [-0.1, -0.05) is 30.3 Å². The molecule has 1 aliphatic heterocycles. The Morgan fingerprint density at radius 1 is 1.19 bits per heavy atom. The Kier molecular flexibility index (Phi) is 5.13. The van der Waals surface area contributed by atoms with Gasteiger partial charge in [0.15, 0.2) is 0 Å². The molecule has 1 N–H and O–H groups in total. The Hall–Kier alpha value is -2.44. The molecule has 3 aromatic rings. The normalized spacial score (nSPS) is 15.8. The summed E-state index contributed by atoms with van der Waals surface area (Å²) in [6.07, 6.45) is 4.07. The molecule has 1 atom stereocenters. The van der Waals surface area contributed by atoms with Gasteiger partial charge in [-0.3, -0.25) is 9.69 Å². The highest BCUT2D eigenvalue weighted by Crippen LogP contribution is 2.26. The lowest BCUT2D eigenvalue weighted by molar-refractivity contribution is 0.0929. The van der Waals surface area contributed by atoms with Crippen LogP contribution < -0.4 is 5.32 Å². The van der Waals surface area contributed by atoms with Crippen LogP contribution in [0.15, 0.2) is 58.5 Å². The van der Waals surface area contributed by atoms with Crippen LogP contribution in [0.1, 0.15) is 35.1 Å². The highest BCUT2D eigenvalue weighted by atomic mass is 32.1. The first-order valence-corrected chi connectivity index (χ1v) is 9.76. The maximum atomic E-state index is 12.6. The third kappa shape index (κ3) is 3.71. The summed E-state index contributed by atoms with van der Waals surface area (Å²) in [4.78, 5) is 19.4. The number of aromatic nitrogens is 1. The molecular weight excluding hydrogens is 346 g/mol. The quantitative estimate of drug-likeness (QED) is 0.716. The Labute approximate surface area is 156 Å². The van der Waals surface area contributed by atoms with Gasteiger partial charge in [0.25, 0.3) is 5.91 Å². The van der Waals surface area contributed by atoms with Gasteiger partial charge in [-0.2, -0.15) is 0 Å². The highest BCUT2D eigenvalue weighted by molar-refractivity contribution is 7.13. The molecule has 0 spiro atoms. The van der Waals surface area contributed by atoms with Gasteiger partial charge >= 0.3 is 0 Å². The SMILES string of the molecule is O=C(NC[C@H](c1ccco1)N1CCCC1)c1csc(-c2ccccc2)n1. The molecule has 2 aromatic heterocycles. The maximum absolute atomic E-state index is 12.6. The standard InChI is InChI=1S/C20H21N3O2S/c24-19(16-14-26-20(22-16)15-7-2-1-3-8-15)21-13-17(18-9-6-12-25-18)23-10-4-5-11-23/h1-3,6-9,12,14,17H,4-5,10-11,13H2,(H,21,24)/t17-/m1/s1. The van der Waals surface area contributed by atoms with E-state index in [9.17, 15) is 4.79 Å². The van der Waals surface area contributed by atoms with Crippen molar-refractivity contribution in [2.75, 3.05) is 19.6 Å². The Bertz CT molecular complexity index is 839. The molecule has 6 heteroatoms. The van der Waals surface area contributed by atoms with Gasteiger partial charge < -0.3 is 9.73 Å². The third-order valence-electron chi connectivity index (χ3n) is 4.67. The van der Waals surface area contributed by atoms with E-state index in [1.807, 2.05) is 47.8 Å². The molecule has 0 aliphatic carbocycles.